The second kappa shape index (κ2) is 9.45. The van der Waals surface area contributed by atoms with Gasteiger partial charge in [-0.2, -0.15) is 0 Å². The number of ether oxygens (including phenoxy) is 1. The van der Waals surface area contributed by atoms with Crippen LogP contribution in [0.1, 0.15) is 57.4 Å². The minimum absolute atomic E-state index is 0.0493. The van der Waals surface area contributed by atoms with E-state index in [9.17, 15) is 24.2 Å². The van der Waals surface area contributed by atoms with E-state index in [0.717, 1.165) is 5.56 Å². The molecule has 2 aliphatic carbocycles. The van der Waals surface area contributed by atoms with E-state index in [1.54, 1.807) is 24.3 Å². The van der Waals surface area contributed by atoms with Crippen molar-refractivity contribution in [3.63, 3.8) is 0 Å². The van der Waals surface area contributed by atoms with E-state index < -0.39 is 17.0 Å². The van der Waals surface area contributed by atoms with Crippen LogP contribution in [0.2, 0.25) is 0 Å². The van der Waals surface area contributed by atoms with Crippen LogP contribution in [-0.4, -0.2) is 21.8 Å². The quantitative estimate of drug-likeness (QED) is 0.403. The third-order valence-corrected chi connectivity index (χ3v) is 6.77. The molecule has 0 aliphatic heterocycles. The number of hydrogen-bond acceptors (Lipinski definition) is 5. The van der Waals surface area contributed by atoms with Gasteiger partial charge >= 0.3 is 0 Å². The van der Waals surface area contributed by atoms with E-state index in [0.29, 0.717) is 43.6 Å². The van der Waals surface area contributed by atoms with Gasteiger partial charge in [0.1, 0.15) is 34.4 Å². The highest BCUT2D eigenvalue weighted by Gasteiger charge is 2.52. The fourth-order valence-corrected chi connectivity index (χ4v) is 4.97. The van der Waals surface area contributed by atoms with Gasteiger partial charge in [-0.25, -0.2) is 4.39 Å². The lowest BCUT2D eigenvalue weighted by atomic mass is 9.68. The summed E-state index contributed by atoms with van der Waals surface area (Å²) in [5.41, 5.74) is -0.367. The Labute approximate surface area is 198 Å². The molecule has 0 saturated heterocycles. The Bertz CT molecular complexity index is 1140. The zero-order valence-corrected chi connectivity index (χ0v) is 19.4. The van der Waals surface area contributed by atoms with E-state index >= 15 is 0 Å². The monoisotopic (exact) mass is 464 g/mol. The van der Waals surface area contributed by atoms with Crippen molar-refractivity contribution >= 4 is 11.6 Å². The van der Waals surface area contributed by atoms with E-state index in [-0.39, 0.29) is 34.8 Å². The van der Waals surface area contributed by atoms with Gasteiger partial charge in [0.15, 0.2) is 11.6 Å². The second-order valence-corrected chi connectivity index (χ2v) is 9.14. The first kappa shape index (κ1) is 23.7. The van der Waals surface area contributed by atoms with Gasteiger partial charge in [-0.3, -0.25) is 9.59 Å². The Hall–Kier alpha value is -3.41. The van der Waals surface area contributed by atoms with Crippen molar-refractivity contribution in [2.75, 3.05) is 0 Å². The summed E-state index contributed by atoms with van der Waals surface area (Å²) in [4.78, 5) is 26.7. The second-order valence-electron chi connectivity index (χ2n) is 9.14. The van der Waals surface area contributed by atoms with E-state index in [2.05, 4.69) is 0 Å². The molecule has 0 radical (unpaired) electrons. The van der Waals surface area contributed by atoms with Crippen molar-refractivity contribution < 1.29 is 28.9 Å². The van der Waals surface area contributed by atoms with Crippen molar-refractivity contribution in [3.05, 3.63) is 83.1 Å². The Morgan fingerprint density at radius 3 is 2.12 bits per heavy atom. The lowest BCUT2D eigenvalue weighted by Gasteiger charge is -2.34. The first-order chi connectivity index (χ1) is 16.3. The Kier molecular flexibility index (Phi) is 6.60. The average Bonchev–Trinajstić information content (AvgIpc) is 3.61. The van der Waals surface area contributed by atoms with Crippen LogP contribution in [0.25, 0.3) is 0 Å². The number of carbonyl (C=O) groups excluding carboxylic acids is 2. The number of benzene rings is 2. The Balaban J connectivity index is 1.49. The summed E-state index contributed by atoms with van der Waals surface area (Å²) in [5.74, 6) is -1.09. The number of halogens is 1. The van der Waals surface area contributed by atoms with Crippen molar-refractivity contribution in [1.82, 2.24) is 0 Å². The van der Waals surface area contributed by atoms with Crippen LogP contribution in [-0.2, 0) is 9.59 Å². The Morgan fingerprint density at radius 2 is 1.56 bits per heavy atom. The minimum atomic E-state index is -1.13. The molecule has 4 rings (SSSR count). The maximum Gasteiger partial charge on any atom is 0.183 e. The van der Waals surface area contributed by atoms with Crippen LogP contribution >= 0.6 is 0 Å². The highest BCUT2D eigenvalue weighted by Crippen LogP contribution is 2.52. The summed E-state index contributed by atoms with van der Waals surface area (Å²) >= 11 is 0. The summed E-state index contributed by atoms with van der Waals surface area (Å²) < 4.78 is 18.8. The first-order valence-corrected chi connectivity index (χ1v) is 11.8. The highest BCUT2D eigenvalue weighted by molar-refractivity contribution is 6.25. The lowest BCUT2D eigenvalue weighted by Crippen LogP contribution is -2.40. The van der Waals surface area contributed by atoms with Crippen LogP contribution in [0.15, 0.2) is 71.7 Å². The largest absolute Gasteiger partial charge is 0.511 e. The van der Waals surface area contributed by atoms with Gasteiger partial charge in [-0.1, -0.05) is 38.8 Å². The van der Waals surface area contributed by atoms with Crippen LogP contribution in [0, 0.1) is 17.2 Å². The summed E-state index contributed by atoms with van der Waals surface area (Å²) in [6.07, 6.45) is 3.96. The zero-order chi connectivity index (χ0) is 24.5. The molecular weight excluding hydrogens is 435 g/mol. The first-order valence-electron chi connectivity index (χ1n) is 11.8. The third-order valence-electron chi connectivity index (χ3n) is 6.77. The van der Waals surface area contributed by atoms with Gasteiger partial charge in [0, 0.05) is 12.0 Å². The summed E-state index contributed by atoms with van der Waals surface area (Å²) in [5, 5.41) is 21.0. The molecule has 5 nitrogen and oxygen atoms in total. The molecule has 2 N–H and O–H groups in total. The van der Waals surface area contributed by atoms with Gasteiger partial charge < -0.3 is 14.9 Å². The fourth-order valence-electron chi connectivity index (χ4n) is 4.97. The number of allylic oxidation sites excluding steroid dienone is 3. The molecule has 0 heterocycles. The molecule has 178 valence electrons. The summed E-state index contributed by atoms with van der Waals surface area (Å²) in [6.45, 7) is 3.86. The molecule has 2 aromatic carbocycles. The molecular formula is C28H29FO5. The molecule has 0 aromatic heterocycles. The molecule has 0 spiro atoms. The number of ketones is 2. The van der Waals surface area contributed by atoms with Gasteiger partial charge in [0.25, 0.3) is 0 Å². The van der Waals surface area contributed by atoms with Gasteiger partial charge in [-0.05, 0) is 67.1 Å². The minimum Gasteiger partial charge on any atom is -0.511 e. The smallest absolute Gasteiger partial charge is 0.183 e. The van der Waals surface area contributed by atoms with Crippen LogP contribution < -0.4 is 4.74 Å². The average molecular weight is 465 g/mol. The number of hydrogen-bond donors (Lipinski definition) is 2. The van der Waals surface area contributed by atoms with Crippen molar-refractivity contribution in [1.29, 1.82) is 0 Å². The predicted octanol–water partition coefficient (Wildman–Crippen LogP) is 6.71. The van der Waals surface area contributed by atoms with Gasteiger partial charge in [-0.15, -0.1) is 0 Å². The molecule has 0 amide bonds. The molecule has 2 unspecified atom stereocenters. The van der Waals surface area contributed by atoms with Crippen molar-refractivity contribution in [2.24, 2.45) is 11.3 Å². The SMILES string of the molecule is CCCC1(CCC)C(=O)C(C(=O)C2CC2c2ccc(Oc3ccc(F)cc3)cc2)=C(O)C=C1O. The molecule has 1 fully saturated rings. The lowest BCUT2D eigenvalue weighted by molar-refractivity contribution is -0.129. The van der Waals surface area contributed by atoms with Crippen LogP contribution in [0.3, 0.4) is 0 Å². The zero-order valence-electron chi connectivity index (χ0n) is 19.4. The summed E-state index contributed by atoms with van der Waals surface area (Å²) in [6, 6.07) is 13.1. The topological polar surface area (TPSA) is 83.8 Å². The molecule has 0 bridgehead atoms. The van der Waals surface area contributed by atoms with Crippen LogP contribution in [0.4, 0.5) is 4.39 Å². The van der Waals surface area contributed by atoms with E-state index in [1.807, 2.05) is 26.0 Å². The van der Waals surface area contributed by atoms with E-state index in [4.69, 9.17) is 4.74 Å². The predicted molar refractivity (Wildman–Crippen MR) is 126 cm³/mol. The highest BCUT2D eigenvalue weighted by atomic mass is 19.1. The molecule has 34 heavy (non-hydrogen) atoms. The Morgan fingerprint density at radius 1 is 1.00 bits per heavy atom. The molecule has 6 heteroatoms. The summed E-state index contributed by atoms with van der Waals surface area (Å²) in [7, 11) is 0. The number of Topliss-reactive ketones (excluding diaryl/α,β-unsaturated/α-hetero) is 2. The maximum absolute atomic E-state index is 13.4. The normalized spacial score (nSPS) is 21.3. The standard InChI is InChI=1S/C28H29FO5/c1-3-13-28(14-4-2)24(31)16-23(30)25(27(28)33)26(32)22-15-21(22)17-5-9-19(10-6-17)34-20-11-7-18(29)8-12-20/h5-12,16,21-22,30-31H,3-4,13-15H2,1-2H3. The molecule has 2 aromatic rings. The van der Waals surface area contributed by atoms with Gasteiger partial charge in [0.2, 0.25) is 0 Å². The van der Waals surface area contributed by atoms with E-state index in [1.165, 1.54) is 18.2 Å². The van der Waals surface area contributed by atoms with Crippen molar-refractivity contribution in [3.8, 4) is 11.5 Å². The number of aliphatic hydroxyl groups is 2. The maximum atomic E-state index is 13.4. The van der Waals surface area contributed by atoms with Gasteiger partial charge in [0.05, 0.1) is 5.41 Å². The van der Waals surface area contributed by atoms with Crippen LogP contribution in [0.5, 0.6) is 11.5 Å². The van der Waals surface area contributed by atoms with Crippen molar-refractivity contribution in [2.45, 2.75) is 51.9 Å². The molecule has 2 aliphatic rings. The molecule has 2 atom stereocenters. The number of aliphatic hydroxyl groups excluding tert-OH is 2. The fraction of sp³-hybridized carbons (Fsp3) is 0.357. The number of rotatable bonds is 9. The third kappa shape index (κ3) is 4.37. The number of carbonyl (C=O) groups is 2. The molecule has 1 saturated carbocycles.